The molecular weight excluding hydrogens is 554 g/mol. The Hall–Kier alpha value is -1.81. The zero-order valence-electron chi connectivity index (χ0n) is 22.9. The summed E-state index contributed by atoms with van der Waals surface area (Å²) in [6, 6.07) is 7.11. The third-order valence-corrected chi connectivity index (χ3v) is 10.5. The topological polar surface area (TPSA) is 95.5 Å². The van der Waals surface area contributed by atoms with E-state index in [1.807, 2.05) is 12.1 Å². The summed E-state index contributed by atoms with van der Waals surface area (Å²) in [6.45, 7) is 5.34. The van der Waals surface area contributed by atoms with Gasteiger partial charge in [0.25, 0.3) is 0 Å². The minimum absolute atomic E-state index is 0.139. The zero-order chi connectivity index (χ0) is 28.3. The van der Waals surface area contributed by atoms with Gasteiger partial charge in [0.2, 0.25) is 5.91 Å². The summed E-state index contributed by atoms with van der Waals surface area (Å²) in [4.78, 5) is 18.4. The number of carbonyl (C=O) groups excluding carboxylic acids is 1. The smallest absolute Gasteiger partial charge is 0.237 e. The summed E-state index contributed by atoms with van der Waals surface area (Å²) in [7, 11) is 0. The molecule has 1 aromatic carbocycles. The van der Waals surface area contributed by atoms with E-state index in [0.717, 1.165) is 44.1 Å². The molecule has 2 aliphatic heterocycles. The standard InChI is InChI=1S/C30H37Cl2FN4O3/c1-28(2)6-8-29(9-7-28)30(21-4-3-18(31)13-22(21)36-27(30)39)24(20-5-10-34-26(32)25(20)33)23(37-29)15-40-16-35-19-11-17(12-19)14-38/h3-5,10,13,17,19,23-24,35,37-38H,6-9,11-12,14-16H2,1-2H3,(H,36,39)/t17-,19-,23-,24-,30+/m0/s1. The monoisotopic (exact) mass is 590 g/mol. The third-order valence-electron chi connectivity index (χ3n) is 10.0. The van der Waals surface area contributed by atoms with Crippen LogP contribution in [0.15, 0.2) is 30.5 Å². The van der Waals surface area contributed by atoms with Crippen LogP contribution in [0, 0.1) is 17.2 Å². The number of ether oxygens (including phenoxy) is 1. The van der Waals surface area contributed by atoms with Crippen molar-refractivity contribution in [2.45, 2.75) is 81.3 Å². The lowest BCUT2D eigenvalue weighted by Gasteiger charge is -2.50. The van der Waals surface area contributed by atoms with E-state index in [4.69, 9.17) is 27.9 Å². The van der Waals surface area contributed by atoms with Crippen LogP contribution in [0.5, 0.6) is 0 Å². The van der Waals surface area contributed by atoms with Crippen molar-refractivity contribution in [2.75, 3.05) is 25.3 Å². The Morgan fingerprint density at radius 2 is 1.93 bits per heavy atom. The molecule has 7 nitrogen and oxygen atoms in total. The number of hydrogen-bond acceptors (Lipinski definition) is 6. The van der Waals surface area contributed by atoms with E-state index in [-0.39, 0.29) is 35.7 Å². The molecule has 2 aliphatic carbocycles. The summed E-state index contributed by atoms with van der Waals surface area (Å²) in [6.07, 6.45) is 6.71. The van der Waals surface area contributed by atoms with E-state index in [0.29, 0.717) is 35.0 Å². The van der Waals surface area contributed by atoms with Gasteiger partial charge in [0.1, 0.15) is 5.41 Å². The van der Waals surface area contributed by atoms with Crippen molar-refractivity contribution in [3.8, 4) is 0 Å². The molecule has 4 N–H and O–H groups in total. The largest absolute Gasteiger partial charge is 0.396 e. The Bertz CT molecular complexity index is 1290. The maximum absolute atomic E-state index is 15.9. The Kier molecular flexibility index (Phi) is 7.42. The van der Waals surface area contributed by atoms with Crippen molar-refractivity contribution >= 4 is 34.8 Å². The van der Waals surface area contributed by atoms with Crippen molar-refractivity contribution < 1.29 is 19.0 Å². The Morgan fingerprint density at radius 3 is 2.65 bits per heavy atom. The minimum atomic E-state index is -1.10. The van der Waals surface area contributed by atoms with Crippen LogP contribution in [0.1, 0.15) is 69.4 Å². The molecule has 10 heteroatoms. The highest BCUT2D eigenvalue weighted by Gasteiger charge is 2.71. The number of aromatic nitrogens is 1. The maximum atomic E-state index is 15.9. The number of carbonyl (C=O) groups is 1. The number of amides is 1. The van der Waals surface area contributed by atoms with E-state index >= 15 is 4.39 Å². The lowest BCUT2D eigenvalue weighted by molar-refractivity contribution is -0.124. The van der Waals surface area contributed by atoms with E-state index < -0.39 is 22.7 Å². The number of benzene rings is 1. The van der Waals surface area contributed by atoms with Crippen LogP contribution < -0.4 is 16.0 Å². The summed E-state index contributed by atoms with van der Waals surface area (Å²) >= 11 is 12.6. The van der Waals surface area contributed by atoms with Gasteiger partial charge in [-0.05, 0) is 79.2 Å². The molecule has 1 amide bonds. The van der Waals surface area contributed by atoms with Crippen molar-refractivity contribution in [3.05, 3.63) is 57.6 Å². The van der Waals surface area contributed by atoms with Crippen LogP contribution in [0.2, 0.25) is 10.2 Å². The van der Waals surface area contributed by atoms with E-state index in [1.54, 1.807) is 12.1 Å². The van der Waals surface area contributed by atoms with Crippen molar-refractivity contribution in [2.24, 2.45) is 11.3 Å². The maximum Gasteiger partial charge on any atom is 0.237 e. The summed E-state index contributed by atoms with van der Waals surface area (Å²) < 4.78 is 22.1. The number of rotatable bonds is 7. The minimum Gasteiger partial charge on any atom is -0.396 e. The fourth-order valence-electron chi connectivity index (χ4n) is 7.81. The van der Waals surface area contributed by atoms with Crippen molar-refractivity contribution in [1.82, 2.24) is 15.6 Å². The zero-order valence-corrected chi connectivity index (χ0v) is 24.4. The molecule has 216 valence electrons. The molecule has 2 saturated carbocycles. The molecule has 3 heterocycles. The van der Waals surface area contributed by atoms with Crippen LogP contribution in [-0.4, -0.2) is 53.6 Å². The second-order valence-corrected chi connectivity index (χ2v) is 13.7. The molecule has 3 atom stereocenters. The number of aliphatic hydroxyl groups excluding tert-OH is 1. The Labute approximate surface area is 244 Å². The summed E-state index contributed by atoms with van der Waals surface area (Å²) in [5, 5.41) is 20.0. The van der Waals surface area contributed by atoms with Crippen LogP contribution in [0.3, 0.4) is 0 Å². The fraction of sp³-hybridized carbons (Fsp3) is 0.600. The van der Waals surface area contributed by atoms with Gasteiger partial charge in [0, 0.05) is 47.1 Å². The number of nitrogens with zero attached hydrogens (tertiary/aromatic N) is 1. The molecule has 1 aromatic heterocycles. The lowest BCUT2D eigenvalue weighted by atomic mass is 9.53. The fourth-order valence-corrected chi connectivity index (χ4v) is 8.15. The summed E-state index contributed by atoms with van der Waals surface area (Å²) in [5.74, 6) is -1.01. The molecule has 0 unspecified atom stereocenters. The van der Waals surface area contributed by atoms with Gasteiger partial charge in [-0.1, -0.05) is 43.1 Å². The lowest BCUT2D eigenvalue weighted by Crippen LogP contribution is -2.61. The molecule has 40 heavy (non-hydrogen) atoms. The van der Waals surface area contributed by atoms with Gasteiger partial charge in [-0.2, -0.15) is 0 Å². The van der Waals surface area contributed by atoms with Gasteiger partial charge in [-0.3, -0.25) is 10.1 Å². The van der Waals surface area contributed by atoms with Gasteiger partial charge in [0.15, 0.2) is 11.0 Å². The highest BCUT2D eigenvalue weighted by Crippen LogP contribution is 2.64. The van der Waals surface area contributed by atoms with Crippen LogP contribution >= 0.6 is 23.2 Å². The first-order valence-electron chi connectivity index (χ1n) is 14.2. The molecule has 6 rings (SSSR count). The van der Waals surface area contributed by atoms with E-state index in [2.05, 4.69) is 34.8 Å². The van der Waals surface area contributed by atoms with Crippen molar-refractivity contribution in [1.29, 1.82) is 0 Å². The van der Waals surface area contributed by atoms with Gasteiger partial charge in [0.05, 0.1) is 13.3 Å². The van der Waals surface area contributed by atoms with Crippen LogP contribution in [0.25, 0.3) is 0 Å². The number of pyridine rings is 1. The SMILES string of the molecule is CC1(C)CCC2(CC1)N[C@@H](COCN[C@H]1C[C@H](CO)C1)[C@H](c1ccnc(Cl)c1F)[C@]21C(=O)Nc2cc(Cl)ccc21. The van der Waals surface area contributed by atoms with E-state index in [9.17, 15) is 9.90 Å². The van der Waals surface area contributed by atoms with Crippen LogP contribution in [0.4, 0.5) is 10.1 Å². The van der Waals surface area contributed by atoms with E-state index in [1.165, 1.54) is 6.20 Å². The highest BCUT2D eigenvalue weighted by atomic mass is 35.5. The van der Waals surface area contributed by atoms with Crippen molar-refractivity contribution in [3.63, 3.8) is 0 Å². The van der Waals surface area contributed by atoms with Crippen LogP contribution in [-0.2, 0) is 14.9 Å². The predicted molar refractivity (Wildman–Crippen MR) is 153 cm³/mol. The van der Waals surface area contributed by atoms with Gasteiger partial charge in [-0.25, -0.2) is 9.37 Å². The molecule has 3 fully saturated rings. The Balaban J connectivity index is 1.41. The molecule has 1 saturated heterocycles. The van der Waals surface area contributed by atoms with Gasteiger partial charge < -0.3 is 20.5 Å². The number of aliphatic hydroxyl groups is 1. The molecule has 0 bridgehead atoms. The molecule has 4 aliphatic rings. The number of anilines is 1. The Morgan fingerprint density at radius 1 is 1.18 bits per heavy atom. The number of hydrogen-bond donors (Lipinski definition) is 4. The van der Waals surface area contributed by atoms with Gasteiger partial charge in [-0.15, -0.1) is 0 Å². The number of nitrogens with one attached hydrogen (secondary N) is 3. The third kappa shape index (κ3) is 4.46. The predicted octanol–water partition coefficient (Wildman–Crippen LogP) is 5.15. The second kappa shape index (κ2) is 10.5. The number of halogens is 3. The average molecular weight is 592 g/mol. The molecule has 2 aromatic rings. The number of fused-ring (bicyclic) bond motifs is 3. The highest BCUT2D eigenvalue weighted by molar-refractivity contribution is 6.31. The summed E-state index contributed by atoms with van der Waals surface area (Å²) in [5.41, 5.74) is 0.275. The normalized spacial score (nSPS) is 31.8. The second-order valence-electron chi connectivity index (χ2n) is 12.9. The molecule has 2 spiro atoms. The van der Waals surface area contributed by atoms with Gasteiger partial charge >= 0.3 is 0 Å². The average Bonchev–Trinajstić information content (AvgIpc) is 3.33. The first kappa shape index (κ1) is 28.3. The molecular formula is C30H37Cl2FN4O3. The first-order valence-corrected chi connectivity index (χ1v) is 15.0. The molecule has 0 radical (unpaired) electrons. The quantitative estimate of drug-likeness (QED) is 0.202. The first-order chi connectivity index (χ1) is 19.1.